The first-order chi connectivity index (χ1) is 20.2. The van der Waals surface area contributed by atoms with Gasteiger partial charge in [0.05, 0.1) is 25.0 Å². The highest BCUT2D eigenvalue weighted by Gasteiger charge is 2.38. The van der Waals surface area contributed by atoms with Crippen molar-refractivity contribution in [1.29, 1.82) is 0 Å². The minimum absolute atomic E-state index is 0.0619. The van der Waals surface area contributed by atoms with E-state index in [1.54, 1.807) is 25.0 Å². The molecule has 0 fully saturated rings. The van der Waals surface area contributed by atoms with Crippen molar-refractivity contribution in [3.05, 3.63) is 77.2 Å². The number of alkyl halides is 3. The Kier molecular flexibility index (Phi) is 8.61. The molecule has 222 valence electrons. The van der Waals surface area contributed by atoms with Crippen molar-refractivity contribution in [2.24, 2.45) is 0 Å². The third kappa shape index (κ3) is 6.03. The molecule has 4 aromatic rings. The van der Waals surface area contributed by atoms with Crippen molar-refractivity contribution in [2.75, 3.05) is 20.3 Å². The Morgan fingerprint density at radius 1 is 1.05 bits per heavy atom. The highest BCUT2D eigenvalue weighted by molar-refractivity contribution is 5.88. The number of methoxy groups -OCH3 is 1. The van der Waals surface area contributed by atoms with Gasteiger partial charge >= 0.3 is 12.1 Å². The SMILES string of the molecule is CCOC(=O)CCCCCC(=O)N1CCc2c([nH]c3ccc(OC)cc23)[C@@H]1c1ccc(-c2ccccc2C(F)(F)F)o1. The van der Waals surface area contributed by atoms with Crippen molar-refractivity contribution < 1.29 is 36.7 Å². The van der Waals surface area contributed by atoms with E-state index in [0.29, 0.717) is 56.8 Å². The molecule has 42 heavy (non-hydrogen) atoms. The predicted molar refractivity (Wildman–Crippen MR) is 151 cm³/mol. The van der Waals surface area contributed by atoms with Crippen molar-refractivity contribution in [1.82, 2.24) is 9.88 Å². The van der Waals surface area contributed by atoms with E-state index in [0.717, 1.165) is 28.2 Å². The average molecular weight is 583 g/mol. The van der Waals surface area contributed by atoms with Gasteiger partial charge in [0.2, 0.25) is 5.91 Å². The zero-order chi connectivity index (χ0) is 29.9. The fourth-order valence-corrected chi connectivity index (χ4v) is 5.65. The highest BCUT2D eigenvalue weighted by atomic mass is 19.4. The van der Waals surface area contributed by atoms with E-state index in [4.69, 9.17) is 13.9 Å². The second-order valence-electron chi connectivity index (χ2n) is 10.3. The van der Waals surface area contributed by atoms with Gasteiger partial charge in [-0.15, -0.1) is 0 Å². The molecule has 1 amide bonds. The number of carbonyl (C=O) groups is 2. The fraction of sp³-hybridized carbons (Fsp3) is 0.375. The monoisotopic (exact) mass is 582 g/mol. The lowest BCUT2D eigenvalue weighted by molar-refractivity contribution is -0.143. The molecule has 7 nitrogen and oxygen atoms in total. The van der Waals surface area contributed by atoms with Gasteiger partial charge in [-0.2, -0.15) is 13.2 Å². The minimum atomic E-state index is -4.55. The maximum absolute atomic E-state index is 13.8. The van der Waals surface area contributed by atoms with Crippen molar-refractivity contribution in [2.45, 2.75) is 57.7 Å². The summed E-state index contributed by atoms with van der Waals surface area (Å²) in [4.78, 5) is 30.4. The van der Waals surface area contributed by atoms with Crippen molar-refractivity contribution in [3.63, 3.8) is 0 Å². The van der Waals surface area contributed by atoms with E-state index in [-0.39, 0.29) is 29.6 Å². The fourth-order valence-electron chi connectivity index (χ4n) is 5.65. The number of rotatable bonds is 10. The zero-order valence-corrected chi connectivity index (χ0v) is 23.6. The Morgan fingerprint density at radius 2 is 1.83 bits per heavy atom. The summed E-state index contributed by atoms with van der Waals surface area (Å²) in [6.45, 7) is 2.52. The maximum atomic E-state index is 13.8. The molecule has 1 aliphatic rings. The molecule has 0 bridgehead atoms. The van der Waals surface area contributed by atoms with E-state index in [1.807, 2.05) is 18.2 Å². The minimum Gasteiger partial charge on any atom is -0.497 e. The van der Waals surface area contributed by atoms with Crippen LogP contribution in [0.15, 0.2) is 59.0 Å². The summed E-state index contributed by atoms with van der Waals surface area (Å²) in [5, 5.41) is 0.967. The number of benzene rings is 2. The number of esters is 1. The number of unbranched alkanes of at least 4 members (excludes halogenated alkanes) is 2. The number of ether oxygens (including phenoxy) is 2. The molecule has 1 aliphatic heterocycles. The standard InChI is InChI=1S/C32H33F3N2O5/c1-3-41-29(39)12-6-4-5-11-28(38)37-18-17-21-23-19-20(40-2)13-14-25(23)36-30(21)31(37)27-16-15-26(42-27)22-9-7-8-10-24(22)32(33,34)35/h7-10,13-16,19,31,36H,3-6,11-12,17-18H2,1-2H3/t31-/m0/s1. The Bertz CT molecular complexity index is 1570. The summed E-state index contributed by atoms with van der Waals surface area (Å²) in [6.07, 6.45) is -1.45. The van der Waals surface area contributed by atoms with Crippen molar-refractivity contribution in [3.8, 4) is 17.1 Å². The normalized spacial score (nSPS) is 15.1. The van der Waals surface area contributed by atoms with Gasteiger partial charge in [-0.3, -0.25) is 9.59 Å². The predicted octanol–water partition coefficient (Wildman–Crippen LogP) is 7.44. The molecule has 0 spiro atoms. The van der Waals surface area contributed by atoms with Gasteiger partial charge < -0.3 is 23.8 Å². The second kappa shape index (κ2) is 12.3. The molecular formula is C32H33F3N2O5. The summed E-state index contributed by atoms with van der Waals surface area (Å²) in [5.41, 5.74) is 1.80. The number of hydrogen-bond acceptors (Lipinski definition) is 5. The third-order valence-electron chi connectivity index (χ3n) is 7.63. The Balaban J connectivity index is 1.46. The van der Waals surface area contributed by atoms with Crippen LogP contribution in [0.4, 0.5) is 13.2 Å². The number of aromatic amines is 1. The van der Waals surface area contributed by atoms with Crippen LogP contribution in [0.2, 0.25) is 0 Å². The van der Waals surface area contributed by atoms with Gasteiger partial charge in [0.25, 0.3) is 0 Å². The molecule has 0 aliphatic carbocycles. The van der Waals surface area contributed by atoms with E-state index in [1.165, 1.54) is 24.3 Å². The number of nitrogens with zero attached hydrogens (tertiary/aromatic N) is 1. The van der Waals surface area contributed by atoms with E-state index >= 15 is 0 Å². The number of fused-ring (bicyclic) bond motifs is 3. The third-order valence-corrected chi connectivity index (χ3v) is 7.63. The van der Waals surface area contributed by atoms with Crippen LogP contribution in [0, 0.1) is 0 Å². The number of nitrogens with one attached hydrogen (secondary N) is 1. The first-order valence-electron chi connectivity index (χ1n) is 14.1. The van der Waals surface area contributed by atoms with Crippen LogP contribution >= 0.6 is 0 Å². The highest BCUT2D eigenvalue weighted by Crippen LogP contribution is 2.43. The molecule has 0 saturated carbocycles. The Morgan fingerprint density at radius 3 is 2.60 bits per heavy atom. The van der Waals surface area contributed by atoms with Crippen molar-refractivity contribution >= 4 is 22.8 Å². The van der Waals surface area contributed by atoms with E-state index in [2.05, 4.69) is 4.98 Å². The summed E-state index contributed by atoms with van der Waals surface area (Å²) in [5.74, 6) is 0.813. The topological polar surface area (TPSA) is 84.8 Å². The molecule has 0 unspecified atom stereocenters. The first-order valence-corrected chi connectivity index (χ1v) is 14.1. The summed E-state index contributed by atoms with van der Waals surface area (Å²) in [6, 6.07) is 13.5. The Hall–Kier alpha value is -4.21. The first kappa shape index (κ1) is 29.3. The summed E-state index contributed by atoms with van der Waals surface area (Å²) in [7, 11) is 1.60. The molecule has 3 heterocycles. The van der Waals surface area contributed by atoms with Crippen LogP contribution < -0.4 is 4.74 Å². The van der Waals surface area contributed by atoms with Crippen LogP contribution in [0.3, 0.4) is 0 Å². The quantitative estimate of drug-likeness (QED) is 0.155. The van der Waals surface area contributed by atoms with Gasteiger partial charge in [-0.1, -0.05) is 24.6 Å². The molecule has 0 saturated heterocycles. The van der Waals surface area contributed by atoms with Crippen LogP contribution in [-0.4, -0.2) is 42.0 Å². The number of hydrogen-bond donors (Lipinski definition) is 1. The lowest BCUT2D eigenvalue weighted by atomic mass is 9.95. The van der Waals surface area contributed by atoms with E-state index < -0.39 is 17.8 Å². The van der Waals surface area contributed by atoms with Crippen LogP contribution in [0.25, 0.3) is 22.2 Å². The van der Waals surface area contributed by atoms with Gasteiger partial charge in [-0.05, 0) is 68.1 Å². The average Bonchev–Trinajstić information content (AvgIpc) is 3.61. The lowest BCUT2D eigenvalue weighted by Gasteiger charge is -2.35. The van der Waals surface area contributed by atoms with Crippen LogP contribution in [-0.2, 0) is 26.9 Å². The van der Waals surface area contributed by atoms with Gasteiger partial charge in [-0.25, -0.2) is 0 Å². The molecule has 10 heteroatoms. The van der Waals surface area contributed by atoms with Gasteiger partial charge in [0.1, 0.15) is 23.3 Å². The van der Waals surface area contributed by atoms with Crippen LogP contribution in [0.1, 0.15) is 67.7 Å². The number of amides is 1. The van der Waals surface area contributed by atoms with Gasteiger partial charge in [0.15, 0.2) is 0 Å². The Labute approximate surface area is 241 Å². The smallest absolute Gasteiger partial charge is 0.417 e. The molecule has 5 rings (SSSR count). The number of H-pyrrole nitrogens is 1. The number of halogens is 3. The number of carbonyl (C=O) groups excluding carboxylic acids is 2. The number of furan rings is 1. The van der Waals surface area contributed by atoms with Gasteiger partial charge in [0, 0.05) is 35.9 Å². The summed E-state index contributed by atoms with van der Waals surface area (Å²) < 4.78 is 57.8. The molecule has 1 atom stereocenters. The molecule has 2 aromatic carbocycles. The maximum Gasteiger partial charge on any atom is 0.417 e. The molecular weight excluding hydrogens is 549 g/mol. The second-order valence-corrected chi connectivity index (χ2v) is 10.3. The summed E-state index contributed by atoms with van der Waals surface area (Å²) >= 11 is 0. The lowest BCUT2D eigenvalue weighted by Crippen LogP contribution is -2.40. The molecule has 2 aromatic heterocycles. The molecule has 1 N–H and O–H groups in total. The molecule has 0 radical (unpaired) electrons. The largest absolute Gasteiger partial charge is 0.497 e. The van der Waals surface area contributed by atoms with E-state index in [9.17, 15) is 22.8 Å². The van der Waals surface area contributed by atoms with Crippen LogP contribution in [0.5, 0.6) is 5.75 Å². The zero-order valence-electron chi connectivity index (χ0n) is 23.6. The number of aromatic nitrogens is 1.